The van der Waals surface area contributed by atoms with E-state index in [1.165, 1.54) is 0 Å². The van der Waals surface area contributed by atoms with Crippen molar-refractivity contribution in [2.75, 3.05) is 0 Å². The number of H-pyrrole nitrogens is 1. The van der Waals surface area contributed by atoms with Crippen LogP contribution in [0.4, 0.5) is 0 Å². The number of hydrogen-bond donors (Lipinski definition) is 1. The first-order valence-electron chi connectivity index (χ1n) is 5.00. The summed E-state index contributed by atoms with van der Waals surface area (Å²) in [6.45, 7) is 0. The molecule has 0 aliphatic heterocycles. The first kappa shape index (κ1) is 10.6. The average Bonchev–Trinajstić information content (AvgIpc) is 2.74. The number of halogens is 2. The van der Waals surface area contributed by atoms with Crippen molar-refractivity contribution in [3.8, 4) is 11.4 Å². The Bertz CT molecular complexity index is 691. The molecular formula is C12H7Cl2N3. The second-order valence-electron chi connectivity index (χ2n) is 3.59. The fourth-order valence-corrected chi connectivity index (χ4v) is 2.03. The number of fused-ring (bicyclic) bond motifs is 1. The summed E-state index contributed by atoms with van der Waals surface area (Å²) in [6, 6.07) is 9.19. The first-order valence-corrected chi connectivity index (χ1v) is 5.76. The van der Waals surface area contributed by atoms with Gasteiger partial charge in [0.15, 0.2) is 5.65 Å². The maximum absolute atomic E-state index is 6.05. The van der Waals surface area contributed by atoms with Gasteiger partial charge in [-0.3, -0.25) is 0 Å². The van der Waals surface area contributed by atoms with Crippen molar-refractivity contribution in [3.05, 3.63) is 46.6 Å². The Balaban J connectivity index is 2.22. The summed E-state index contributed by atoms with van der Waals surface area (Å²) in [4.78, 5) is 11.7. The van der Waals surface area contributed by atoms with Crippen LogP contribution in [0, 0.1) is 0 Å². The summed E-state index contributed by atoms with van der Waals surface area (Å²) in [5.74, 6) is 0.711. The van der Waals surface area contributed by atoms with Gasteiger partial charge < -0.3 is 4.98 Å². The molecule has 3 aromatic rings. The molecule has 0 amide bonds. The van der Waals surface area contributed by atoms with E-state index in [-0.39, 0.29) is 0 Å². The summed E-state index contributed by atoms with van der Waals surface area (Å²) < 4.78 is 0. The lowest BCUT2D eigenvalue weighted by Gasteiger charge is -1.96. The highest BCUT2D eigenvalue weighted by Gasteiger charge is 2.08. The Hall–Kier alpha value is -1.58. The number of aromatic amines is 1. The van der Waals surface area contributed by atoms with Crippen LogP contribution in [0.2, 0.25) is 10.0 Å². The predicted octanol–water partition coefficient (Wildman–Crippen LogP) is 3.93. The van der Waals surface area contributed by atoms with E-state index in [1.54, 1.807) is 12.3 Å². The highest BCUT2D eigenvalue weighted by atomic mass is 35.5. The minimum Gasteiger partial charge on any atom is -0.335 e. The zero-order valence-corrected chi connectivity index (χ0v) is 10.1. The van der Waals surface area contributed by atoms with Crippen molar-refractivity contribution in [2.45, 2.75) is 0 Å². The smallest absolute Gasteiger partial charge is 0.179 e. The van der Waals surface area contributed by atoms with Crippen LogP contribution in [0.15, 0.2) is 36.5 Å². The standard InChI is InChI=1S/C12H7Cl2N3/c13-8-3-1-2-7(6-8)11-16-10-9(14)4-5-15-12(10)17-11/h1-6H,(H,15,16,17). The third kappa shape index (κ3) is 1.88. The van der Waals surface area contributed by atoms with Crippen LogP contribution in [0.25, 0.3) is 22.6 Å². The van der Waals surface area contributed by atoms with E-state index >= 15 is 0 Å². The van der Waals surface area contributed by atoms with Gasteiger partial charge in [0.25, 0.3) is 0 Å². The number of hydrogen-bond acceptors (Lipinski definition) is 2. The molecule has 3 nitrogen and oxygen atoms in total. The molecule has 17 heavy (non-hydrogen) atoms. The number of nitrogens with zero attached hydrogens (tertiary/aromatic N) is 2. The Morgan fingerprint density at radius 3 is 2.76 bits per heavy atom. The summed E-state index contributed by atoms with van der Waals surface area (Å²) >= 11 is 12.0. The summed E-state index contributed by atoms with van der Waals surface area (Å²) in [6.07, 6.45) is 1.63. The zero-order valence-electron chi connectivity index (χ0n) is 8.61. The SMILES string of the molecule is Clc1cccc(-c2nc3nccc(Cl)c3[nH]2)c1. The van der Waals surface area contributed by atoms with Crippen LogP contribution >= 0.6 is 23.2 Å². The molecule has 84 valence electrons. The van der Waals surface area contributed by atoms with Gasteiger partial charge in [-0.05, 0) is 18.2 Å². The van der Waals surface area contributed by atoms with Crippen molar-refractivity contribution in [1.82, 2.24) is 15.0 Å². The largest absolute Gasteiger partial charge is 0.335 e. The molecule has 0 aliphatic rings. The van der Waals surface area contributed by atoms with Gasteiger partial charge in [-0.1, -0.05) is 35.3 Å². The molecule has 1 aromatic carbocycles. The van der Waals surface area contributed by atoms with Gasteiger partial charge in [-0.15, -0.1) is 0 Å². The number of aromatic nitrogens is 3. The monoisotopic (exact) mass is 263 g/mol. The third-order valence-electron chi connectivity index (χ3n) is 2.44. The van der Waals surface area contributed by atoms with E-state index in [4.69, 9.17) is 23.2 Å². The molecule has 2 aromatic heterocycles. The van der Waals surface area contributed by atoms with Crippen LogP contribution in [0.1, 0.15) is 0 Å². The van der Waals surface area contributed by atoms with Crippen LogP contribution < -0.4 is 0 Å². The van der Waals surface area contributed by atoms with Gasteiger partial charge in [-0.25, -0.2) is 9.97 Å². The average molecular weight is 264 g/mol. The molecule has 0 saturated carbocycles. The summed E-state index contributed by atoms with van der Waals surface area (Å²) in [5, 5.41) is 1.28. The van der Waals surface area contributed by atoms with E-state index in [0.29, 0.717) is 21.5 Å². The van der Waals surface area contributed by atoms with E-state index in [1.807, 2.05) is 24.3 Å². The molecule has 0 fully saturated rings. The molecule has 0 aliphatic carbocycles. The highest BCUT2D eigenvalue weighted by Crippen LogP contribution is 2.25. The number of rotatable bonds is 1. The molecular weight excluding hydrogens is 257 g/mol. The second kappa shape index (κ2) is 4.02. The molecule has 0 spiro atoms. The lowest BCUT2D eigenvalue weighted by molar-refractivity contribution is 1.30. The third-order valence-corrected chi connectivity index (χ3v) is 2.99. The lowest BCUT2D eigenvalue weighted by Crippen LogP contribution is -1.79. The fourth-order valence-electron chi connectivity index (χ4n) is 1.65. The van der Waals surface area contributed by atoms with Crippen LogP contribution in [-0.4, -0.2) is 15.0 Å². The highest BCUT2D eigenvalue weighted by molar-refractivity contribution is 6.34. The van der Waals surface area contributed by atoms with Crippen molar-refractivity contribution in [1.29, 1.82) is 0 Å². The summed E-state index contributed by atoms with van der Waals surface area (Å²) in [7, 11) is 0. The molecule has 5 heteroatoms. The Morgan fingerprint density at radius 2 is 2.00 bits per heavy atom. The van der Waals surface area contributed by atoms with Crippen molar-refractivity contribution in [3.63, 3.8) is 0 Å². The number of benzene rings is 1. The molecule has 0 unspecified atom stereocenters. The van der Waals surface area contributed by atoms with Gasteiger partial charge in [0.2, 0.25) is 0 Å². The number of imidazole rings is 1. The van der Waals surface area contributed by atoms with E-state index < -0.39 is 0 Å². The molecule has 0 bridgehead atoms. The quantitative estimate of drug-likeness (QED) is 0.723. The van der Waals surface area contributed by atoms with Gasteiger partial charge in [0, 0.05) is 16.8 Å². The normalized spacial score (nSPS) is 10.9. The molecule has 3 rings (SSSR count). The van der Waals surface area contributed by atoms with E-state index in [9.17, 15) is 0 Å². The maximum Gasteiger partial charge on any atom is 0.179 e. The second-order valence-corrected chi connectivity index (χ2v) is 4.43. The summed E-state index contributed by atoms with van der Waals surface area (Å²) in [5.41, 5.74) is 2.25. The Morgan fingerprint density at radius 1 is 1.12 bits per heavy atom. The minimum absolute atomic E-state index is 0.604. The minimum atomic E-state index is 0.604. The lowest BCUT2D eigenvalue weighted by atomic mass is 10.2. The number of pyridine rings is 1. The number of nitrogens with one attached hydrogen (secondary N) is 1. The van der Waals surface area contributed by atoms with Crippen molar-refractivity contribution in [2.24, 2.45) is 0 Å². The molecule has 2 heterocycles. The molecule has 0 saturated heterocycles. The molecule has 0 atom stereocenters. The maximum atomic E-state index is 6.05. The van der Waals surface area contributed by atoms with Crippen LogP contribution in [-0.2, 0) is 0 Å². The predicted molar refractivity (Wildman–Crippen MR) is 69.3 cm³/mol. The van der Waals surface area contributed by atoms with E-state index in [2.05, 4.69) is 15.0 Å². The van der Waals surface area contributed by atoms with Gasteiger partial charge in [-0.2, -0.15) is 0 Å². The van der Waals surface area contributed by atoms with E-state index in [0.717, 1.165) is 11.1 Å². The Labute approximate surface area is 107 Å². The molecule has 0 radical (unpaired) electrons. The van der Waals surface area contributed by atoms with Crippen LogP contribution in [0.3, 0.4) is 0 Å². The topological polar surface area (TPSA) is 41.6 Å². The Kier molecular flexibility index (Phi) is 2.50. The van der Waals surface area contributed by atoms with Gasteiger partial charge in [0.05, 0.1) is 5.02 Å². The van der Waals surface area contributed by atoms with Gasteiger partial charge in [0.1, 0.15) is 11.3 Å². The van der Waals surface area contributed by atoms with Gasteiger partial charge >= 0.3 is 0 Å². The zero-order chi connectivity index (χ0) is 11.8. The molecule has 1 N–H and O–H groups in total. The first-order chi connectivity index (χ1) is 8.24. The van der Waals surface area contributed by atoms with Crippen molar-refractivity contribution >= 4 is 34.4 Å². The van der Waals surface area contributed by atoms with Crippen molar-refractivity contribution < 1.29 is 0 Å². The van der Waals surface area contributed by atoms with Crippen LogP contribution in [0.5, 0.6) is 0 Å². The fraction of sp³-hybridized carbons (Fsp3) is 0.